The zero-order chi connectivity index (χ0) is 23.4. The van der Waals surface area contributed by atoms with E-state index in [4.69, 9.17) is 4.74 Å². The molecule has 3 aromatic rings. The highest BCUT2D eigenvalue weighted by molar-refractivity contribution is 7.11. The first-order valence-electron chi connectivity index (χ1n) is 10.1. The highest BCUT2D eigenvalue weighted by Gasteiger charge is 2.21. The molecule has 32 heavy (non-hydrogen) atoms. The minimum Gasteiger partial charge on any atom is -0.497 e. The van der Waals surface area contributed by atoms with E-state index in [-0.39, 0.29) is 16.7 Å². The van der Waals surface area contributed by atoms with Crippen molar-refractivity contribution in [1.29, 1.82) is 0 Å². The van der Waals surface area contributed by atoms with Gasteiger partial charge in [-0.1, -0.05) is 35.6 Å². The number of amides is 2. The topological polar surface area (TPSA) is 71.8 Å². The van der Waals surface area contributed by atoms with E-state index in [1.807, 2.05) is 36.4 Å². The average molecular weight is 454 g/mol. The molecule has 0 saturated carbocycles. The van der Waals surface area contributed by atoms with E-state index in [1.165, 1.54) is 4.90 Å². The summed E-state index contributed by atoms with van der Waals surface area (Å²) in [7, 11) is 6.73. The molecule has 0 aliphatic rings. The number of thiazole rings is 1. The largest absolute Gasteiger partial charge is 0.497 e. The normalized spacial score (nSPS) is 10.7. The fourth-order valence-corrected chi connectivity index (χ4v) is 4.33. The molecular formula is C24H27N3O4S. The van der Waals surface area contributed by atoms with Gasteiger partial charge in [-0.05, 0) is 42.3 Å². The van der Waals surface area contributed by atoms with Crippen LogP contribution in [0.2, 0.25) is 0 Å². The molecule has 1 aromatic heterocycles. The first-order chi connectivity index (χ1) is 15.2. The van der Waals surface area contributed by atoms with Gasteiger partial charge >= 0.3 is 4.87 Å². The smallest absolute Gasteiger partial charge is 0.308 e. The van der Waals surface area contributed by atoms with Crippen LogP contribution in [-0.4, -0.2) is 54.4 Å². The molecule has 3 rings (SSSR count). The van der Waals surface area contributed by atoms with Gasteiger partial charge in [0.25, 0.3) is 11.8 Å². The summed E-state index contributed by atoms with van der Waals surface area (Å²) < 4.78 is 6.84. The molecule has 0 saturated heterocycles. The van der Waals surface area contributed by atoms with E-state index in [2.05, 4.69) is 0 Å². The van der Waals surface area contributed by atoms with Gasteiger partial charge in [-0.25, -0.2) is 0 Å². The van der Waals surface area contributed by atoms with Crippen LogP contribution in [0, 0.1) is 6.92 Å². The molecule has 1 heterocycles. The van der Waals surface area contributed by atoms with Crippen molar-refractivity contribution in [2.24, 2.45) is 0 Å². The second-order valence-corrected chi connectivity index (χ2v) is 8.74. The Labute approximate surface area is 191 Å². The highest BCUT2D eigenvalue weighted by Crippen LogP contribution is 2.19. The summed E-state index contributed by atoms with van der Waals surface area (Å²) in [5.41, 5.74) is 3.04. The molecule has 2 amide bonds. The molecule has 0 unspecified atom stereocenters. The van der Waals surface area contributed by atoms with Gasteiger partial charge in [-0.3, -0.25) is 19.0 Å². The lowest BCUT2D eigenvalue weighted by molar-refractivity contribution is 0.0787. The van der Waals surface area contributed by atoms with E-state index >= 15 is 0 Å². The SMILES string of the molecule is COc1cccc(CN(C)C(=O)c2sc(=O)n(Cc3ccc(C(=O)N(C)C)cc3)c2C)c1. The average Bonchev–Trinajstić information content (AvgIpc) is 3.06. The standard InChI is InChI=1S/C24H27N3O4S/c1-16-21(23(29)26(4)14-18-7-6-8-20(13-18)31-5)32-24(30)27(16)15-17-9-11-19(12-10-17)22(28)25(2)3/h6-13H,14-15H2,1-5H3. The number of rotatable bonds is 7. The summed E-state index contributed by atoms with van der Waals surface area (Å²) in [5.74, 6) is 0.458. The van der Waals surface area contributed by atoms with Crippen LogP contribution in [0.5, 0.6) is 5.75 Å². The summed E-state index contributed by atoms with van der Waals surface area (Å²) >= 11 is 0.958. The van der Waals surface area contributed by atoms with E-state index in [0.29, 0.717) is 29.2 Å². The van der Waals surface area contributed by atoms with E-state index in [1.54, 1.807) is 56.8 Å². The molecule has 0 fully saturated rings. The Balaban J connectivity index is 1.77. The number of carbonyl (C=O) groups excluding carboxylic acids is 2. The second-order valence-electron chi connectivity index (χ2n) is 7.78. The molecule has 8 heteroatoms. The minimum absolute atomic E-state index is 0.0765. The lowest BCUT2D eigenvalue weighted by Gasteiger charge is -2.17. The van der Waals surface area contributed by atoms with Crippen LogP contribution in [0.3, 0.4) is 0 Å². The van der Waals surface area contributed by atoms with Gasteiger partial charge in [0.05, 0.1) is 13.7 Å². The van der Waals surface area contributed by atoms with Crippen molar-refractivity contribution in [2.45, 2.75) is 20.0 Å². The van der Waals surface area contributed by atoms with Gasteiger partial charge in [0, 0.05) is 38.9 Å². The first-order valence-corrected chi connectivity index (χ1v) is 10.9. The molecule has 0 radical (unpaired) electrons. The molecule has 0 N–H and O–H groups in total. The predicted octanol–water partition coefficient (Wildman–Crippen LogP) is 3.25. The maximum atomic E-state index is 13.0. The lowest BCUT2D eigenvalue weighted by Crippen LogP contribution is -2.26. The Kier molecular flexibility index (Phi) is 7.15. The summed E-state index contributed by atoms with van der Waals surface area (Å²) in [6, 6.07) is 14.7. The number of methoxy groups -OCH3 is 1. The molecule has 168 valence electrons. The molecule has 0 bridgehead atoms. The maximum Gasteiger partial charge on any atom is 0.308 e. The minimum atomic E-state index is -0.196. The third-order valence-electron chi connectivity index (χ3n) is 5.19. The van der Waals surface area contributed by atoms with Gasteiger partial charge in [-0.2, -0.15) is 0 Å². The van der Waals surface area contributed by atoms with Crippen molar-refractivity contribution in [3.05, 3.63) is 85.5 Å². The summed E-state index contributed by atoms with van der Waals surface area (Å²) in [6.45, 7) is 2.53. The zero-order valence-corrected chi connectivity index (χ0v) is 19.7. The second kappa shape index (κ2) is 9.82. The van der Waals surface area contributed by atoms with Crippen LogP contribution in [0.25, 0.3) is 0 Å². The van der Waals surface area contributed by atoms with Crippen molar-refractivity contribution >= 4 is 23.2 Å². The monoisotopic (exact) mass is 453 g/mol. The van der Waals surface area contributed by atoms with Gasteiger partial charge in [0.1, 0.15) is 10.6 Å². The number of nitrogens with zero attached hydrogens (tertiary/aromatic N) is 3. The van der Waals surface area contributed by atoms with Crippen LogP contribution < -0.4 is 9.61 Å². The number of aromatic nitrogens is 1. The molecule has 0 aliphatic carbocycles. The van der Waals surface area contributed by atoms with Gasteiger partial charge in [-0.15, -0.1) is 0 Å². The molecule has 0 aliphatic heterocycles. The Bertz CT molecular complexity index is 1180. The first kappa shape index (κ1) is 23.3. The van der Waals surface area contributed by atoms with Gasteiger partial charge in [0.15, 0.2) is 0 Å². The van der Waals surface area contributed by atoms with Crippen LogP contribution in [0.4, 0.5) is 0 Å². The Morgan fingerprint density at radius 2 is 1.69 bits per heavy atom. The van der Waals surface area contributed by atoms with Crippen molar-refractivity contribution in [3.8, 4) is 5.75 Å². The third kappa shape index (κ3) is 5.08. The predicted molar refractivity (Wildman–Crippen MR) is 126 cm³/mol. The van der Waals surface area contributed by atoms with Crippen LogP contribution in [-0.2, 0) is 13.1 Å². The zero-order valence-electron chi connectivity index (χ0n) is 18.9. The highest BCUT2D eigenvalue weighted by atomic mass is 32.1. The van der Waals surface area contributed by atoms with Gasteiger partial charge in [0.2, 0.25) is 0 Å². The van der Waals surface area contributed by atoms with Crippen LogP contribution in [0.15, 0.2) is 53.3 Å². The third-order valence-corrected chi connectivity index (χ3v) is 6.25. The van der Waals surface area contributed by atoms with Crippen molar-refractivity contribution in [3.63, 3.8) is 0 Å². The van der Waals surface area contributed by atoms with Crippen LogP contribution >= 0.6 is 11.3 Å². The number of hydrogen-bond donors (Lipinski definition) is 0. The Hall–Kier alpha value is -3.39. The lowest BCUT2D eigenvalue weighted by atomic mass is 10.1. The fraction of sp³-hybridized carbons (Fsp3) is 0.292. The maximum absolute atomic E-state index is 13.0. The number of carbonyl (C=O) groups is 2. The van der Waals surface area contributed by atoms with Crippen LogP contribution in [0.1, 0.15) is 36.9 Å². The fourth-order valence-electron chi connectivity index (χ4n) is 3.34. The molecule has 7 nitrogen and oxygen atoms in total. The quantitative estimate of drug-likeness (QED) is 0.551. The van der Waals surface area contributed by atoms with Crippen molar-refractivity contribution in [2.75, 3.05) is 28.3 Å². The summed E-state index contributed by atoms with van der Waals surface area (Å²) in [5, 5.41) is 0. The van der Waals surface area contributed by atoms with E-state index in [9.17, 15) is 14.4 Å². The molecule has 0 atom stereocenters. The van der Waals surface area contributed by atoms with Crippen molar-refractivity contribution < 1.29 is 14.3 Å². The number of benzene rings is 2. The van der Waals surface area contributed by atoms with E-state index < -0.39 is 0 Å². The van der Waals surface area contributed by atoms with Gasteiger partial charge < -0.3 is 14.5 Å². The molecular weight excluding hydrogens is 426 g/mol. The Morgan fingerprint density at radius 3 is 2.31 bits per heavy atom. The van der Waals surface area contributed by atoms with Crippen molar-refractivity contribution in [1.82, 2.24) is 14.4 Å². The summed E-state index contributed by atoms with van der Waals surface area (Å²) in [6.07, 6.45) is 0. The number of hydrogen-bond acceptors (Lipinski definition) is 5. The number of ether oxygens (including phenoxy) is 1. The Morgan fingerprint density at radius 1 is 1.00 bits per heavy atom. The molecule has 0 spiro atoms. The molecule has 2 aromatic carbocycles. The van der Waals surface area contributed by atoms with E-state index in [0.717, 1.165) is 28.2 Å². The summed E-state index contributed by atoms with van der Waals surface area (Å²) in [4.78, 5) is 41.1.